The highest BCUT2D eigenvalue weighted by molar-refractivity contribution is 5.96. The lowest BCUT2D eigenvalue weighted by Gasteiger charge is -2.12. The zero-order valence-corrected chi connectivity index (χ0v) is 29.4. The molecule has 0 radical (unpaired) electrons. The Labute approximate surface area is 313 Å². The number of aromatic nitrogens is 3. The van der Waals surface area contributed by atoms with E-state index >= 15 is 0 Å². The van der Waals surface area contributed by atoms with Crippen LogP contribution in [0, 0.1) is 0 Å². The quantitative estimate of drug-likeness (QED) is 0.175. The maximum Gasteiger partial charge on any atom is 0.160 e. The first-order valence-electron chi connectivity index (χ1n) is 18.2. The molecule has 3 heteroatoms. The number of rotatable bonds is 6. The van der Waals surface area contributed by atoms with Crippen LogP contribution < -0.4 is 0 Å². The van der Waals surface area contributed by atoms with Crippen LogP contribution in [-0.4, -0.2) is 15.0 Å². The predicted octanol–water partition coefficient (Wildman–Crippen LogP) is 13.3. The molecule has 0 aliphatic carbocycles. The van der Waals surface area contributed by atoms with Crippen molar-refractivity contribution in [3.63, 3.8) is 0 Å². The van der Waals surface area contributed by atoms with Crippen LogP contribution in [0.25, 0.3) is 99.6 Å². The van der Waals surface area contributed by atoms with Gasteiger partial charge in [-0.25, -0.2) is 9.97 Å². The molecule has 54 heavy (non-hydrogen) atoms. The Bertz CT molecular complexity index is 2850. The van der Waals surface area contributed by atoms with Crippen molar-refractivity contribution in [3.05, 3.63) is 200 Å². The van der Waals surface area contributed by atoms with Crippen molar-refractivity contribution < 1.29 is 0 Å². The molecule has 2 heterocycles. The van der Waals surface area contributed by atoms with Gasteiger partial charge in [-0.3, -0.25) is 4.98 Å². The second-order valence-electron chi connectivity index (χ2n) is 13.7. The van der Waals surface area contributed by atoms with Crippen molar-refractivity contribution in [2.24, 2.45) is 0 Å². The molecule has 2 aromatic heterocycles. The summed E-state index contributed by atoms with van der Waals surface area (Å²) in [6, 6.07) is 66.6. The summed E-state index contributed by atoms with van der Waals surface area (Å²) in [5, 5.41) is 7.21. The van der Waals surface area contributed by atoms with E-state index < -0.39 is 0 Å². The zero-order chi connectivity index (χ0) is 35.8. The first-order chi connectivity index (χ1) is 26.7. The summed E-state index contributed by atoms with van der Waals surface area (Å²) < 4.78 is 0. The Morgan fingerprint density at radius 2 is 0.759 bits per heavy atom. The van der Waals surface area contributed by atoms with Gasteiger partial charge in [0.15, 0.2) is 5.82 Å². The smallest absolute Gasteiger partial charge is 0.160 e. The number of hydrogen-bond acceptors (Lipinski definition) is 3. The molecule has 0 N–H and O–H groups in total. The molecular formula is C51H33N3. The van der Waals surface area contributed by atoms with Crippen LogP contribution in [0.4, 0.5) is 0 Å². The Morgan fingerprint density at radius 1 is 0.278 bits per heavy atom. The second-order valence-corrected chi connectivity index (χ2v) is 13.7. The molecule has 0 atom stereocenters. The third-order valence-corrected chi connectivity index (χ3v) is 10.3. The van der Waals surface area contributed by atoms with Crippen molar-refractivity contribution in [3.8, 4) is 67.3 Å². The Morgan fingerprint density at radius 3 is 1.43 bits per heavy atom. The van der Waals surface area contributed by atoms with Gasteiger partial charge in [0.2, 0.25) is 0 Å². The van der Waals surface area contributed by atoms with Crippen molar-refractivity contribution in [1.29, 1.82) is 0 Å². The van der Waals surface area contributed by atoms with Gasteiger partial charge in [-0.2, -0.15) is 0 Å². The molecule has 0 spiro atoms. The van der Waals surface area contributed by atoms with Crippen LogP contribution in [0.2, 0.25) is 0 Å². The summed E-state index contributed by atoms with van der Waals surface area (Å²) in [4.78, 5) is 15.0. The molecule has 0 fully saturated rings. The number of nitrogens with zero attached hydrogens (tertiary/aromatic N) is 3. The number of fused-ring (bicyclic) bond motifs is 3. The van der Waals surface area contributed by atoms with Gasteiger partial charge in [-0.15, -0.1) is 0 Å². The van der Waals surface area contributed by atoms with E-state index in [1.165, 1.54) is 32.5 Å². The first-order valence-corrected chi connectivity index (χ1v) is 18.2. The third-order valence-electron chi connectivity index (χ3n) is 10.3. The summed E-state index contributed by atoms with van der Waals surface area (Å²) in [6.07, 6.45) is 3.87. The Balaban J connectivity index is 1.09. The fourth-order valence-corrected chi connectivity index (χ4v) is 7.47. The molecule has 0 aliphatic rings. The topological polar surface area (TPSA) is 38.7 Å². The molecule has 0 amide bonds. The molecule has 252 valence electrons. The van der Waals surface area contributed by atoms with Gasteiger partial charge in [0.25, 0.3) is 0 Å². The van der Waals surface area contributed by atoms with Crippen molar-refractivity contribution in [2.75, 3.05) is 0 Å². The fourth-order valence-electron chi connectivity index (χ4n) is 7.47. The minimum absolute atomic E-state index is 0.684. The minimum Gasteiger partial charge on any atom is -0.263 e. The van der Waals surface area contributed by atoms with Crippen molar-refractivity contribution in [2.45, 2.75) is 0 Å². The number of hydrogen-bond donors (Lipinski definition) is 0. The summed E-state index contributed by atoms with van der Waals surface area (Å²) in [7, 11) is 0. The Kier molecular flexibility index (Phi) is 7.81. The minimum atomic E-state index is 0.684. The monoisotopic (exact) mass is 687 g/mol. The summed E-state index contributed by atoms with van der Waals surface area (Å²) in [5.41, 5.74) is 11.6. The van der Waals surface area contributed by atoms with Gasteiger partial charge < -0.3 is 0 Å². The van der Waals surface area contributed by atoms with E-state index in [0.717, 1.165) is 61.3 Å². The number of benzene rings is 8. The SMILES string of the molecule is c1cc(-c2ccc3ccccc3c2)cc(-c2cc(-c3ccc(-c4cncc5ccccc45)cc3)nc(-c3cccc(-c4ccc5ccccc5c4)c3)n2)c1. The van der Waals surface area contributed by atoms with Crippen LogP contribution in [0.15, 0.2) is 200 Å². The normalized spacial score (nSPS) is 11.3. The van der Waals surface area contributed by atoms with Crippen LogP contribution >= 0.6 is 0 Å². The lowest BCUT2D eigenvalue weighted by molar-refractivity contribution is 1.18. The highest BCUT2D eigenvalue weighted by Gasteiger charge is 2.14. The maximum atomic E-state index is 5.25. The van der Waals surface area contributed by atoms with E-state index in [2.05, 4.69) is 193 Å². The number of pyridine rings is 1. The van der Waals surface area contributed by atoms with E-state index in [-0.39, 0.29) is 0 Å². The largest absolute Gasteiger partial charge is 0.263 e. The molecular weight excluding hydrogens is 655 g/mol. The van der Waals surface area contributed by atoms with Crippen molar-refractivity contribution in [1.82, 2.24) is 15.0 Å². The second kappa shape index (κ2) is 13.4. The molecule has 0 aliphatic heterocycles. The molecule has 0 unspecified atom stereocenters. The summed E-state index contributed by atoms with van der Waals surface area (Å²) in [6.45, 7) is 0. The van der Waals surface area contributed by atoms with Gasteiger partial charge in [0.05, 0.1) is 11.4 Å². The standard InChI is InChI=1S/C51H33N3/c1-3-11-38-27-42(25-19-34(38)9-1)40-14-7-16-44(29-40)50-31-49(37-23-21-36(22-24-37)48-33-52-32-46-13-5-6-18-47(46)48)53-51(54-50)45-17-8-15-41(30-45)43-26-20-35-10-2-4-12-39(35)28-43/h1-33H. The molecule has 0 saturated heterocycles. The summed E-state index contributed by atoms with van der Waals surface area (Å²) >= 11 is 0. The molecule has 0 saturated carbocycles. The fraction of sp³-hybridized carbons (Fsp3) is 0. The maximum absolute atomic E-state index is 5.25. The van der Waals surface area contributed by atoms with Crippen molar-refractivity contribution >= 4 is 32.3 Å². The zero-order valence-electron chi connectivity index (χ0n) is 29.4. The summed E-state index contributed by atoms with van der Waals surface area (Å²) in [5.74, 6) is 0.684. The van der Waals surface area contributed by atoms with Gasteiger partial charge in [-0.05, 0) is 85.1 Å². The lowest BCUT2D eigenvalue weighted by atomic mass is 9.97. The van der Waals surface area contributed by atoms with Crippen LogP contribution in [0.3, 0.4) is 0 Å². The third kappa shape index (κ3) is 5.98. The average Bonchev–Trinajstić information content (AvgIpc) is 3.26. The molecule has 8 aromatic carbocycles. The molecule has 10 rings (SSSR count). The van der Waals surface area contributed by atoms with Crippen LogP contribution in [0.1, 0.15) is 0 Å². The van der Waals surface area contributed by atoms with E-state index in [4.69, 9.17) is 9.97 Å². The van der Waals surface area contributed by atoms with E-state index in [1.54, 1.807) is 0 Å². The average molecular weight is 688 g/mol. The van der Waals surface area contributed by atoms with E-state index in [0.29, 0.717) is 5.82 Å². The van der Waals surface area contributed by atoms with E-state index in [9.17, 15) is 0 Å². The molecule has 3 nitrogen and oxygen atoms in total. The van der Waals surface area contributed by atoms with Crippen LogP contribution in [-0.2, 0) is 0 Å². The van der Waals surface area contributed by atoms with Gasteiger partial charge in [-0.1, -0.05) is 158 Å². The Hall–Kier alpha value is -7.23. The predicted molar refractivity (Wildman–Crippen MR) is 225 cm³/mol. The van der Waals surface area contributed by atoms with E-state index in [1.807, 2.05) is 12.4 Å². The lowest BCUT2D eigenvalue weighted by Crippen LogP contribution is -1.96. The first kappa shape index (κ1) is 31.5. The van der Waals surface area contributed by atoms with Crippen LogP contribution in [0.5, 0.6) is 0 Å². The molecule has 0 bridgehead atoms. The van der Waals surface area contributed by atoms with Gasteiger partial charge in [0.1, 0.15) is 0 Å². The highest BCUT2D eigenvalue weighted by Crippen LogP contribution is 2.35. The van der Waals surface area contributed by atoms with Gasteiger partial charge in [0, 0.05) is 40.0 Å². The molecule has 10 aromatic rings. The van der Waals surface area contributed by atoms with Gasteiger partial charge >= 0.3 is 0 Å². The highest BCUT2D eigenvalue weighted by atomic mass is 14.9.